The second kappa shape index (κ2) is 10.3. The number of hydrogen-bond acceptors (Lipinski definition) is 4. The van der Waals surface area contributed by atoms with Crippen molar-refractivity contribution in [2.24, 2.45) is 7.05 Å². The van der Waals surface area contributed by atoms with Gasteiger partial charge in [-0.25, -0.2) is 13.4 Å². The maximum Gasteiger partial charge on any atom is 0.243 e. The van der Waals surface area contributed by atoms with E-state index in [-0.39, 0.29) is 10.8 Å². The Morgan fingerprint density at radius 2 is 1.74 bits per heavy atom. The van der Waals surface area contributed by atoms with Crippen LogP contribution >= 0.6 is 0 Å². The van der Waals surface area contributed by atoms with Crippen molar-refractivity contribution >= 4 is 27.0 Å². The standard InChI is InChI=1S/C26H34N4O3S/c1-4-30(5-2)34(32,33)22-11-12-24-23(19-22)27-25(28(24)3)13-14-26(31)29-17-15-21(16-18-29)20-9-7-6-8-10-20/h6-12,19,21H,4-5,13-18H2,1-3H3. The molecule has 0 unspecified atom stereocenters. The zero-order valence-electron chi connectivity index (χ0n) is 20.3. The van der Waals surface area contributed by atoms with E-state index in [1.807, 2.05) is 36.4 Å². The maximum atomic E-state index is 12.9. The zero-order valence-corrected chi connectivity index (χ0v) is 21.1. The Kier molecular flexibility index (Phi) is 7.38. The van der Waals surface area contributed by atoms with Gasteiger partial charge in [-0.2, -0.15) is 4.31 Å². The Morgan fingerprint density at radius 3 is 2.38 bits per heavy atom. The highest BCUT2D eigenvalue weighted by atomic mass is 32.2. The number of nitrogens with zero attached hydrogens (tertiary/aromatic N) is 4. The third kappa shape index (κ3) is 4.88. The molecular weight excluding hydrogens is 448 g/mol. The van der Waals surface area contributed by atoms with Gasteiger partial charge in [0.05, 0.1) is 15.9 Å². The van der Waals surface area contributed by atoms with Crippen LogP contribution in [0.2, 0.25) is 0 Å². The molecule has 1 amide bonds. The van der Waals surface area contributed by atoms with Crippen LogP contribution in [0.5, 0.6) is 0 Å². The Hall–Kier alpha value is -2.71. The Morgan fingerprint density at radius 1 is 1.06 bits per heavy atom. The van der Waals surface area contributed by atoms with E-state index in [2.05, 4.69) is 29.2 Å². The van der Waals surface area contributed by atoms with Crippen molar-refractivity contribution in [2.75, 3.05) is 26.2 Å². The summed E-state index contributed by atoms with van der Waals surface area (Å²) in [5, 5.41) is 0. The molecule has 7 nitrogen and oxygen atoms in total. The summed E-state index contributed by atoms with van der Waals surface area (Å²) in [6.45, 7) is 6.09. The van der Waals surface area contributed by atoms with Crippen LogP contribution in [-0.2, 0) is 28.3 Å². The number of sulfonamides is 1. The molecular formula is C26H34N4O3S. The number of likely N-dealkylation sites (tertiary alicyclic amines) is 1. The number of hydrogen-bond donors (Lipinski definition) is 0. The van der Waals surface area contributed by atoms with Gasteiger partial charge in [-0.15, -0.1) is 0 Å². The SMILES string of the molecule is CCN(CC)S(=O)(=O)c1ccc2c(c1)nc(CCC(=O)N1CCC(c3ccccc3)CC1)n2C. The molecule has 0 saturated carbocycles. The van der Waals surface area contributed by atoms with E-state index < -0.39 is 10.0 Å². The minimum Gasteiger partial charge on any atom is -0.343 e. The Balaban J connectivity index is 1.41. The van der Waals surface area contributed by atoms with E-state index >= 15 is 0 Å². The number of fused-ring (bicyclic) bond motifs is 1. The largest absolute Gasteiger partial charge is 0.343 e. The molecule has 8 heteroatoms. The second-order valence-electron chi connectivity index (χ2n) is 8.89. The van der Waals surface area contributed by atoms with Crippen molar-refractivity contribution in [3.8, 4) is 0 Å². The first-order chi connectivity index (χ1) is 16.3. The number of piperidine rings is 1. The number of rotatable bonds is 8. The van der Waals surface area contributed by atoms with Crippen molar-refractivity contribution in [3.05, 3.63) is 59.9 Å². The lowest BCUT2D eigenvalue weighted by Gasteiger charge is -2.32. The van der Waals surface area contributed by atoms with Crippen LogP contribution in [0, 0.1) is 0 Å². The van der Waals surface area contributed by atoms with Crippen molar-refractivity contribution < 1.29 is 13.2 Å². The first-order valence-corrected chi connectivity index (χ1v) is 13.6. The summed E-state index contributed by atoms with van der Waals surface area (Å²) in [6.07, 6.45) is 2.91. The molecule has 0 bridgehead atoms. The summed E-state index contributed by atoms with van der Waals surface area (Å²) in [6, 6.07) is 15.6. The summed E-state index contributed by atoms with van der Waals surface area (Å²) < 4.78 is 29.1. The zero-order chi connectivity index (χ0) is 24.3. The van der Waals surface area contributed by atoms with Crippen molar-refractivity contribution in [1.82, 2.24) is 18.8 Å². The third-order valence-electron chi connectivity index (χ3n) is 6.97. The Bertz CT molecular complexity index is 1240. The summed E-state index contributed by atoms with van der Waals surface area (Å²) in [7, 11) is -1.62. The van der Waals surface area contributed by atoms with Gasteiger partial charge in [-0.1, -0.05) is 44.2 Å². The molecule has 4 rings (SSSR count). The van der Waals surface area contributed by atoms with Gasteiger partial charge in [0.2, 0.25) is 15.9 Å². The van der Waals surface area contributed by atoms with Gasteiger partial charge in [0.15, 0.2) is 0 Å². The maximum absolute atomic E-state index is 12.9. The van der Waals surface area contributed by atoms with Crippen LogP contribution in [-0.4, -0.2) is 59.3 Å². The van der Waals surface area contributed by atoms with E-state index in [0.29, 0.717) is 37.4 Å². The van der Waals surface area contributed by atoms with Crippen molar-refractivity contribution in [2.45, 2.75) is 50.3 Å². The molecule has 2 heterocycles. The number of benzene rings is 2. The summed E-state index contributed by atoms with van der Waals surface area (Å²) in [4.78, 5) is 19.8. The molecule has 0 radical (unpaired) electrons. The smallest absolute Gasteiger partial charge is 0.243 e. The summed E-state index contributed by atoms with van der Waals surface area (Å²) >= 11 is 0. The van der Waals surface area contributed by atoms with Gasteiger partial charge in [-0.05, 0) is 42.5 Å². The van der Waals surface area contributed by atoms with E-state index in [4.69, 9.17) is 0 Å². The number of amides is 1. The van der Waals surface area contributed by atoms with Crippen LogP contribution in [0.15, 0.2) is 53.4 Å². The van der Waals surface area contributed by atoms with Crippen LogP contribution in [0.25, 0.3) is 11.0 Å². The molecule has 3 aromatic rings. The fraction of sp³-hybridized carbons (Fsp3) is 0.462. The molecule has 2 aromatic carbocycles. The van der Waals surface area contributed by atoms with E-state index in [9.17, 15) is 13.2 Å². The van der Waals surface area contributed by atoms with Gasteiger partial charge in [0.1, 0.15) is 5.82 Å². The summed E-state index contributed by atoms with van der Waals surface area (Å²) in [5.41, 5.74) is 2.86. The quantitative estimate of drug-likeness (QED) is 0.487. The lowest BCUT2D eigenvalue weighted by Crippen LogP contribution is -2.38. The van der Waals surface area contributed by atoms with Crippen LogP contribution < -0.4 is 0 Å². The van der Waals surface area contributed by atoms with Gasteiger partial charge in [0.25, 0.3) is 0 Å². The average molecular weight is 483 g/mol. The average Bonchev–Trinajstić information content (AvgIpc) is 3.18. The van der Waals surface area contributed by atoms with E-state index in [0.717, 1.165) is 37.3 Å². The molecule has 34 heavy (non-hydrogen) atoms. The van der Waals surface area contributed by atoms with Crippen molar-refractivity contribution in [3.63, 3.8) is 0 Å². The highest BCUT2D eigenvalue weighted by Gasteiger charge is 2.25. The van der Waals surface area contributed by atoms with E-state index in [1.54, 1.807) is 18.2 Å². The molecule has 0 spiro atoms. The molecule has 1 aromatic heterocycles. The molecule has 0 aliphatic carbocycles. The fourth-order valence-corrected chi connectivity index (χ4v) is 6.37. The minimum absolute atomic E-state index is 0.156. The van der Waals surface area contributed by atoms with Gasteiger partial charge in [0, 0.05) is 46.1 Å². The van der Waals surface area contributed by atoms with Crippen LogP contribution in [0.3, 0.4) is 0 Å². The Labute approximate surface area is 202 Å². The molecule has 1 aliphatic rings. The number of carbonyl (C=O) groups is 1. The van der Waals surface area contributed by atoms with Gasteiger partial charge < -0.3 is 9.47 Å². The first-order valence-electron chi connectivity index (χ1n) is 12.1. The molecule has 0 atom stereocenters. The molecule has 0 N–H and O–H groups in total. The monoisotopic (exact) mass is 482 g/mol. The number of aromatic nitrogens is 2. The predicted molar refractivity (Wildman–Crippen MR) is 134 cm³/mol. The van der Waals surface area contributed by atoms with E-state index in [1.165, 1.54) is 9.87 Å². The highest BCUT2D eigenvalue weighted by Crippen LogP contribution is 2.28. The highest BCUT2D eigenvalue weighted by molar-refractivity contribution is 7.89. The lowest BCUT2D eigenvalue weighted by molar-refractivity contribution is -0.132. The molecule has 1 fully saturated rings. The molecule has 1 aliphatic heterocycles. The van der Waals surface area contributed by atoms with Gasteiger partial charge in [-0.3, -0.25) is 4.79 Å². The fourth-order valence-electron chi connectivity index (χ4n) is 4.89. The summed E-state index contributed by atoms with van der Waals surface area (Å²) in [5.74, 6) is 1.47. The topological polar surface area (TPSA) is 75.5 Å². The first kappa shape index (κ1) is 24.4. The van der Waals surface area contributed by atoms with Gasteiger partial charge >= 0.3 is 0 Å². The van der Waals surface area contributed by atoms with Crippen LogP contribution in [0.1, 0.15) is 50.4 Å². The normalized spacial score (nSPS) is 15.4. The molecule has 182 valence electrons. The van der Waals surface area contributed by atoms with Crippen LogP contribution in [0.4, 0.5) is 0 Å². The number of carbonyl (C=O) groups excluding carboxylic acids is 1. The molecule has 1 saturated heterocycles. The lowest BCUT2D eigenvalue weighted by atomic mass is 9.89. The second-order valence-corrected chi connectivity index (χ2v) is 10.8. The predicted octanol–water partition coefficient (Wildman–Crippen LogP) is 3.94. The number of aryl methyl sites for hydroxylation is 2. The van der Waals surface area contributed by atoms with Crippen molar-refractivity contribution in [1.29, 1.82) is 0 Å². The number of imidazole rings is 1. The third-order valence-corrected chi connectivity index (χ3v) is 9.02. The minimum atomic E-state index is -3.54.